The molecule has 0 saturated heterocycles. The Hall–Kier alpha value is -4.13. The molecule has 2 aromatic heterocycles. The molecule has 4 aromatic rings. The van der Waals surface area contributed by atoms with E-state index in [-0.39, 0.29) is 17.5 Å². The first-order valence-corrected chi connectivity index (χ1v) is 10.5. The van der Waals surface area contributed by atoms with Crippen LogP contribution in [0.25, 0.3) is 11.3 Å². The van der Waals surface area contributed by atoms with Gasteiger partial charge in [-0.05, 0) is 60.0 Å². The first-order valence-electron chi connectivity index (χ1n) is 10.5. The van der Waals surface area contributed by atoms with Crippen LogP contribution in [0.2, 0.25) is 0 Å². The van der Waals surface area contributed by atoms with Gasteiger partial charge < -0.3 is 10.6 Å². The number of pyridine rings is 2. The van der Waals surface area contributed by atoms with Crippen molar-refractivity contribution in [3.05, 3.63) is 114 Å². The Morgan fingerprint density at radius 3 is 2.42 bits per heavy atom. The van der Waals surface area contributed by atoms with E-state index >= 15 is 0 Å². The van der Waals surface area contributed by atoms with Crippen LogP contribution in [0.5, 0.6) is 0 Å². The summed E-state index contributed by atoms with van der Waals surface area (Å²) in [6.07, 6.45) is 3.89. The molecule has 0 aliphatic carbocycles. The predicted octanol–water partition coefficient (Wildman–Crippen LogP) is 5.01. The summed E-state index contributed by atoms with van der Waals surface area (Å²) in [5, 5.41) is 6.06. The van der Waals surface area contributed by atoms with Gasteiger partial charge >= 0.3 is 0 Å². The van der Waals surface area contributed by atoms with E-state index in [2.05, 4.69) is 20.6 Å². The molecule has 1 amide bonds. The minimum Gasteiger partial charge on any atom is -0.369 e. The molecule has 0 aliphatic rings. The number of hydrogen-bond donors (Lipinski definition) is 2. The van der Waals surface area contributed by atoms with E-state index < -0.39 is 0 Å². The number of carbonyl (C=O) groups is 1. The van der Waals surface area contributed by atoms with Gasteiger partial charge in [0, 0.05) is 31.0 Å². The topological polar surface area (TPSA) is 66.9 Å². The lowest BCUT2D eigenvalue weighted by atomic mass is 10.1. The van der Waals surface area contributed by atoms with Gasteiger partial charge in [0.2, 0.25) is 0 Å². The highest BCUT2D eigenvalue weighted by atomic mass is 19.1. The van der Waals surface area contributed by atoms with Gasteiger partial charge in [0.05, 0.1) is 11.3 Å². The summed E-state index contributed by atoms with van der Waals surface area (Å²) in [4.78, 5) is 21.5. The Morgan fingerprint density at radius 1 is 0.879 bits per heavy atom. The number of nitrogens with zero attached hydrogens (tertiary/aromatic N) is 2. The monoisotopic (exact) mass is 444 g/mol. The van der Waals surface area contributed by atoms with E-state index in [1.54, 1.807) is 48.8 Å². The van der Waals surface area contributed by atoms with Crippen molar-refractivity contribution in [2.75, 3.05) is 11.9 Å². The third-order valence-corrected chi connectivity index (χ3v) is 5.03. The number of carbonyl (C=O) groups excluding carboxylic acids is 1. The molecular weight excluding hydrogens is 422 g/mol. The standard InChI is InChI=1S/C26H22F2N4O/c27-21-7-1-4-18(14-21)11-13-30-25-23(26(33)31-17-19-5-3-12-29-16-19)9-10-24(32-25)20-6-2-8-22(28)15-20/h1-10,12,14-16H,11,13,17H2,(H,30,32)(H,31,33). The number of halogens is 2. The molecule has 0 fully saturated rings. The molecule has 5 nitrogen and oxygen atoms in total. The second kappa shape index (κ2) is 10.5. The molecular formula is C26H22F2N4O. The van der Waals surface area contributed by atoms with E-state index in [0.717, 1.165) is 11.1 Å². The van der Waals surface area contributed by atoms with Gasteiger partial charge in [0.25, 0.3) is 5.91 Å². The van der Waals surface area contributed by atoms with E-state index in [4.69, 9.17) is 0 Å². The molecule has 2 heterocycles. The highest BCUT2D eigenvalue weighted by Crippen LogP contribution is 2.23. The Balaban J connectivity index is 1.55. The van der Waals surface area contributed by atoms with Gasteiger partial charge in [-0.1, -0.05) is 30.3 Å². The number of rotatable bonds is 8. The van der Waals surface area contributed by atoms with Crippen molar-refractivity contribution in [3.63, 3.8) is 0 Å². The van der Waals surface area contributed by atoms with Crippen LogP contribution in [-0.2, 0) is 13.0 Å². The van der Waals surface area contributed by atoms with Crippen molar-refractivity contribution in [2.24, 2.45) is 0 Å². The summed E-state index contributed by atoms with van der Waals surface area (Å²) >= 11 is 0. The van der Waals surface area contributed by atoms with Crippen molar-refractivity contribution in [3.8, 4) is 11.3 Å². The summed E-state index contributed by atoms with van der Waals surface area (Å²) < 4.78 is 27.2. The highest BCUT2D eigenvalue weighted by molar-refractivity contribution is 5.99. The van der Waals surface area contributed by atoms with E-state index in [1.165, 1.54) is 24.3 Å². The number of benzene rings is 2. The molecule has 0 unspecified atom stereocenters. The molecule has 0 atom stereocenters. The average molecular weight is 444 g/mol. The van der Waals surface area contributed by atoms with Crippen LogP contribution in [0.1, 0.15) is 21.5 Å². The zero-order chi connectivity index (χ0) is 23.0. The molecule has 7 heteroatoms. The van der Waals surface area contributed by atoms with Crippen molar-refractivity contribution in [1.29, 1.82) is 0 Å². The quantitative estimate of drug-likeness (QED) is 0.401. The van der Waals surface area contributed by atoms with Crippen LogP contribution in [0, 0.1) is 11.6 Å². The van der Waals surface area contributed by atoms with Crippen molar-refractivity contribution in [2.45, 2.75) is 13.0 Å². The Kier molecular flexibility index (Phi) is 6.99. The van der Waals surface area contributed by atoms with Gasteiger partial charge in [-0.2, -0.15) is 0 Å². The minimum atomic E-state index is -0.367. The molecule has 0 aliphatic heterocycles. The average Bonchev–Trinajstić information content (AvgIpc) is 2.83. The summed E-state index contributed by atoms with van der Waals surface area (Å²) in [5.41, 5.74) is 3.19. The third kappa shape index (κ3) is 5.98. The molecule has 0 bridgehead atoms. The molecule has 33 heavy (non-hydrogen) atoms. The number of hydrogen-bond acceptors (Lipinski definition) is 4. The van der Waals surface area contributed by atoms with Gasteiger partial charge in [-0.15, -0.1) is 0 Å². The zero-order valence-electron chi connectivity index (χ0n) is 17.8. The number of amides is 1. The van der Waals surface area contributed by atoms with Crippen LogP contribution in [0.3, 0.4) is 0 Å². The number of aromatic nitrogens is 2. The Labute approximate surface area is 190 Å². The van der Waals surface area contributed by atoms with E-state index in [9.17, 15) is 13.6 Å². The van der Waals surface area contributed by atoms with E-state index in [0.29, 0.717) is 42.1 Å². The minimum absolute atomic E-state index is 0.297. The Morgan fingerprint density at radius 2 is 1.67 bits per heavy atom. The normalized spacial score (nSPS) is 10.6. The maximum Gasteiger partial charge on any atom is 0.255 e. The fourth-order valence-corrected chi connectivity index (χ4v) is 3.38. The molecule has 2 aromatic carbocycles. The second-order valence-electron chi connectivity index (χ2n) is 7.45. The maximum absolute atomic E-state index is 13.7. The Bertz CT molecular complexity index is 1250. The fraction of sp³-hybridized carbons (Fsp3) is 0.115. The lowest BCUT2D eigenvalue weighted by molar-refractivity contribution is 0.0951. The molecule has 2 N–H and O–H groups in total. The van der Waals surface area contributed by atoms with Crippen LogP contribution in [0.4, 0.5) is 14.6 Å². The SMILES string of the molecule is O=C(NCc1cccnc1)c1ccc(-c2cccc(F)c2)nc1NCCc1cccc(F)c1. The van der Waals surface area contributed by atoms with Gasteiger partial charge in [-0.25, -0.2) is 13.8 Å². The highest BCUT2D eigenvalue weighted by Gasteiger charge is 2.15. The zero-order valence-corrected chi connectivity index (χ0v) is 17.8. The van der Waals surface area contributed by atoms with Crippen molar-refractivity contribution in [1.82, 2.24) is 15.3 Å². The lowest BCUT2D eigenvalue weighted by Gasteiger charge is -2.14. The summed E-state index contributed by atoms with van der Waals surface area (Å²) in [6.45, 7) is 0.757. The summed E-state index contributed by atoms with van der Waals surface area (Å²) in [7, 11) is 0. The van der Waals surface area contributed by atoms with E-state index in [1.807, 2.05) is 12.1 Å². The van der Waals surface area contributed by atoms with Crippen LogP contribution in [-0.4, -0.2) is 22.4 Å². The summed E-state index contributed by atoms with van der Waals surface area (Å²) in [6, 6.07) is 19.5. The molecule has 0 saturated carbocycles. The third-order valence-electron chi connectivity index (χ3n) is 5.03. The second-order valence-corrected chi connectivity index (χ2v) is 7.45. The van der Waals surface area contributed by atoms with Crippen LogP contribution in [0.15, 0.2) is 85.2 Å². The molecule has 0 spiro atoms. The smallest absolute Gasteiger partial charge is 0.255 e. The number of anilines is 1. The predicted molar refractivity (Wildman–Crippen MR) is 124 cm³/mol. The first kappa shape index (κ1) is 22.1. The van der Waals surface area contributed by atoms with Crippen LogP contribution < -0.4 is 10.6 Å². The molecule has 4 rings (SSSR count). The molecule has 166 valence electrons. The van der Waals surface area contributed by atoms with Crippen LogP contribution >= 0.6 is 0 Å². The van der Waals surface area contributed by atoms with Crippen molar-refractivity contribution < 1.29 is 13.6 Å². The number of nitrogens with one attached hydrogen (secondary N) is 2. The van der Waals surface area contributed by atoms with Gasteiger partial charge in [0.1, 0.15) is 17.5 Å². The van der Waals surface area contributed by atoms with Gasteiger partial charge in [-0.3, -0.25) is 9.78 Å². The molecule has 0 radical (unpaired) electrons. The largest absolute Gasteiger partial charge is 0.369 e. The van der Waals surface area contributed by atoms with Crippen molar-refractivity contribution >= 4 is 11.7 Å². The van der Waals surface area contributed by atoms with Gasteiger partial charge in [0.15, 0.2) is 0 Å². The lowest BCUT2D eigenvalue weighted by Crippen LogP contribution is -2.24. The summed E-state index contributed by atoms with van der Waals surface area (Å²) in [5.74, 6) is -0.593. The maximum atomic E-state index is 13.7. The fourth-order valence-electron chi connectivity index (χ4n) is 3.38. The first-order chi connectivity index (χ1) is 16.1.